The first-order valence-corrected chi connectivity index (χ1v) is 6.43. The Bertz CT molecular complexity index is 407. The van der Waals surface area contributed by atoms with Gasteiger partial charge in [-0.05, 0) is 17.7 Å². The molecule has 6 heteroatoms. The quantitative estimate of drug-likeness (QED) is 0.766. The van der Waals surface area contributed by atoms with Gasteiger partial charge in [0, 0.05) is 25.7 Å². The van der Waals surface area contributed by atoms with Gasteiger partial charge in [0.25, 0.3) is 0 Å². The van der Waals surface area contributed by atoms with E-state index in [0.29, 0.717) is 10.6 Å². The topological polar surface area (TPSA) is 52.6 Å². The van der Waals surface area contributed by atoms with Crippen molar-refractivity contribution in [3.8, 4) is 0 Å². The van der Waals surface area contributed by atoms with Crippen molar-refractivity contribution in [2.24, 2.45) is 0 Å². The van der Waals surface area contributed by atoms with Crippen molar-refractivity contribution in [1.29, 1.82) is 0 Å². The zero-order chi connectivity index (χ0) is 12.2. The van der Waals surface area contributed by atoms with Crippen LogP contribution < -0.4 is 0 Å². The van der Waals surface area contributed by atoms with Crippen molar-refractivity contribution in [3.05, 3.63) is 34.9 Å². The van der Waals surface area contributed by atoms with Crippen LogP contribution in [0.4, 0.5) is 0 Å². The Kier molecular flexibility index (Phi) is 4.69. The Labute approximate surface area is 99.0 Å². The van der Waals surface area contributed by atoms with Gasteiger partial charge in [0.15, 0.2) is 0 Å². The van der Waals surface area contributed by atoms with E-state index in [2.05, 4.69) is 9.05 Å². The molecule has 0 aliphatic rings. The lowest BCUT2D eigenvalue weighted by molar-refractivity contribution is -0.113. The summed E-state index contributed by atoms with van der Waals surface area (Å²) in [6.45, 7) is 0. The van der Waals surface area contributed by atoms with E-state index < -0.39 is 13.1 Å². The summed E-state index contributed by atoms with van der Waals surface area (Å²) in [5.41, 5.74) is 0.142. The number of rotatable bonds is 5. The fourth-order valence-electron chi connectivity index (χ4n) is 1.15. The first kappa shape index (κ1) is 13.4. The van der Waals surface area contributed by atoms with Gasteiger partial charge in [0.1, 0.15) is 0 Å². The monoisotopic (exact) mass is 262 g/mol. The summed E-state index contributed by atoms with van der Waals surface area (Å²) in [4.78, 5) is 11.6. The highest BCUT2D eigenvalue weighted by Crippen LogP contribution is 2.47. The molecular formula is C10H12ClO4P. The number of carbonyl (C=O) groups is 1. The molecule has 0 atom stereocenters. The van der Waals surface area contributed by atoms with Gasteiger partial charge in [-0.15, -0.1) is 0 Å². The van der Waals surface area contributed by atoms with Crippen molar-refractivity contribution >= 4 is 24.7 Å². The maximum Gasteiger partial charge on any atom is 0.396 e. The standard InChI is InChI=1S/C10H12ClO4P/c1-14-16(13,15-2)10(12)7-8-3-5-9(11)6-4-8/h3-6H,7H2,1-2H3. The predicted octanol–water partition coefficient (Wildman–Crippen LogP) is 2.90. The zero-order valence-electron chi connectivity index (χ0n) is 8.97. The van der Waals surface area contributed by atoms with E-state index in [1.807, 2.05) is 0 Å². The summed E-state index contributed by atoms with van der Waals surface area (Å²) in [5, 5.41) is 0.581. The number of halogens is 1. The molecule has 0 saturated carbocycles. The van der Waals surface area contributed by atoms with E-state index in [-0.39, 0.29) is 6.42 Å². The molecule has 0 aliphatic carbocycles. The van der Waals surface area contributed by atoms with E-state index in [1.54, 1.807) is 24.3 Å². The van der Waals surface area contributed by atoms with E-state index in [9.17, 15) is 9.36 Å². The molecule has 4 nitrogen and oxygen atoms in total. The lowest BCUT2D eigenvalue weighted by Gasteiger charge is -2.11. The van der Waals surface area contributed by atoms with Crippen LogP contribution in [-0.2, 0) is 24.8 Å². The molecule has 0 amide bonds. The van der Waals surface area contributed by atoms with Crippen molar-refractivity contribution in [3.63, 3.8) is 0 Å². The molecule has 0 heterocycles. The summed E-state index contributed by atoms with van der Waals surface area (Å²) >= 11 is 5.70. The minimum absolute atomic E-state index is 0.00384. The van der Waals surface area contributed by atoms with Crippen LogP contribution in [0, 0.1) is 0 Å². The summed E-state index contributed by atoms with van der Waals surface area (Å²) in [5.74, 6) is 0. The van der Waals surface area contributed by atoms with E-state index in [4.69, 9.17) is 11.6 Å². The fourth-order valence-corrected chi connectivity index (χ4v) is 2.21. The summed E-state index contributed by atoms with van der Waals surface area (Å²) in [6, 6.07) is 6.70. The zero-order valence-corrected chi connectivity index (χ0v) is 10.6. The largest absolute Gasteiger partial charge is 0.396 e. The van der Waals surface area contributed by atoms with Crippen LogP contribution in [0.5, 0.6) is 0 Å². The molecule has 0 bridgehead atoms. The smallest absolute Gasteiger partial charge is 0.307 e. The normalized spacial score (nSPS) is 11.4. The molecule has 88 valence electrons. The van der Waals surface area contributed by atoms with Crippen LogP contribution in [-0.4, -0.2) is 19.7 Å². The maximum absolute atomic E-state index is 11.7. The van der Waals surface area contributed by atoms with Crippen LogP contribution in [0.25, 0.3) is 0 Å². The van der Waals surface area contributed by atoms with Gasteiger partial charge in [-0.3, -0.25) is 9.36 Å². The van der Waals surface area contributed by atoms with Crippen LogP contribution in [0.3, 0.4) is 0 Å². The summed E-state index contributed by atoms with van der Waals surface area (Å²) < 4.78 is 20.9. The molecule has 0 unspecified atom stereocenters. The minimum Gasteiger partial charge on any atom is -0.307 e. The Morgan fingerprint density at radius 1 is 1.25 bits per heavy atom. The van der Waals surface area contributed by atoms with E-state index in [1.165, 1.54) is 14.2 Å². The van der Waals surface area contributed by atoms with E-state index >= 15 is 0 Å². The van der Waals surface area contributed by atoms with Gasteiger partial charge in [-0.25, -0.2) is 0 Å². The molecule has 0 aliphatic heterocycles. The first-order valence-electron chi connectivity index (χ1n) is 4.51. The summed E-state index contributed by atoms with van der Waals surface area (Å²) in [6.07, 6.45) is -0.00384. The highest BCUT2D eigenvalue weighted by atomic mass is 35.5. The third kappa shape index (κ3) is 3.16. The Morgan fingerprint density at radius 2 is 1.75 bits per heavy atom. The Hall–Kier alpha value is -0.670. The van der Waals surface area contributed by atoms with Crippen LogP contribution in [0.2, 0.25) is 5.02 Å². The molecule has 0 N–H and O–H groups in total. The molecule has 1 aromatic carbocycles. The second kappa shape index (κ2) is 5.60. The molecule has 0 spiro atoms. The van der Waals surface area contributed by atoms with Crippen molar-refractivity contribution in [2.45, 2.75) is 6.42 Å². The molecular weight excluding hydrogens is 251 g/mol. The molecule has 1 rings (SSSR count). The van der Waals surface area contributed by atoms with Gasteiger partial charge in [-0.1, -0.05) is 23.7 Å². The first-order chi connectivity index (χ1) is 7.51. The van der Waals surface area contributed by atoms with Gasteiger partial charge in [0.2, 0.25) is 5.52 Å². The number of hydrogen-bond acceptors (Lipinski definition) is 4. The third-order valence-corrected chi connectivity index (χ3v) is 4.04. The molecule has 1 aromatic rings. The lowest BCUT2D eigenvalue weighted by atomic mass is 10.2. The van der Waals surface area contributed by atoms with Gasteiger partial charge in [-0.2, -0.15) is 0 Å². The second-order valence-electron chi connectivity index (χ2n) is 3.06. The molecule has 0 aromatic heterocycles. The number of benzene rings is 1. The van der Waals surface area contributed by atoms with Gasteiger partial charge < -0.3 is 9.05 Å². The molecule has 16 heavy (non-hydrogen) atoms. The number of carbonyl (C=O) groups excluding carboxylic acids is 1. The van der Waals surface area contributed by atoms with Crippen molar-refractivity contribution in [2.75, 3.05) is 14.2 Å². The maximum atomic E-state index is 11.7. The third-order valence-electron chi connectivity index (χ3n) is 2.05. The summed E-state index contributed by atoms with van der Waals surface area (Å²) in [7, 11) is -1.25. The average Bonchev–Trinajstić information content (AvgIpc) is 2.31. The molecule has 0 fully saturated rings. The Balaban J connectivity index is 2.78. The SMILES string of the molecule is COP(=O)(OC)C(=O)Cc1ccc(Cl)cc1. The van der Waals surface area contributed by atoms with Crippen molar-refractivity contribution in [1.82, 2.24) is 0 Å². The Morgan fingerprint density at radius 3 is 2.19 bits per heavy atom. The molecule has 0 radical (unpaired) electrons. The van der Waals surface area contributed by atoms with Crippen LogP contribution in [0.1, 0.15) is 5.56 Å². The minimum atomic E-state index is -3.62. The second-order valence-corrected chi connectivity index (χ2v) is 5.72. The fraction of sp³-hybridized carbons (Fsp3) is 0.300. The highest BCUT2D eigenvalue weighted by Gasteiger charge is 2.31. The van der Waals surface area contributed by atoms with Crippen LogP contribution >= 0.6 is 19.2 Å². The van der Waals surface area contributed by atoms with Gasteiger partial charge in [0.05, 0.1) is 0 Å². The van der Waals surface area contributed by atoms with Crippen molar-refractivity contribution < 1.29 is 18.4 Å². The van der Waals surface area contributed by atoms with Gasteiger partial charge >= 0.3 is 7.60 Å². The van der Waals surface area contributed by atoms with E-state index in [0.717, 1.165) is 0 Å². The predicted molar refractivity (Wildman–Crippen MR) is 61.8 cm³/mol. The average molecular weight is 263 g/mol. The molecule has 0 saturated heterocycles. The lowest BCUT2D eigenvalue weighted by Crippen LogP contribution is -2.06. The van der Waals surface area contributed by atoms with Crippen LogP contribution in [0.15, 0.2) is 24.3 Å². The highest BCUT2D eigenvalue weighted by molar-refractivity contribution is 7.71. The number of hydrogen-bond donors (Lipinski definition) is 0.